The Labute approximate surface area is 98.4 Å². The summed E-state index contributed by atoms with van der Waals surface area (Å²) in [6, 6.07) is 10.7. The van der Waals surface area contributed by atoms with Crippen molar-refractivity contribution in [3.8, 4) is 0 Å². The van der Waals surface area contributed by atoms with Gasteiger partial charge < -0.3 is 10.6 Å². The van der Waals surface area contributed by atoms with Gasteiger partial charge in [-0.05, 0) is 50.4 Å². The van der Waals surface area contributed by atoms with E-state index in [0.29, 0.717) is 5.92 Å². The quantitative estimate of drug-likeness (QED) is 0.818. The van der Waals surface area contributed by atoms with Crippen molar-refractivity contribution >= 4 is 0 Å². The van der Waals surface area contributed by atoms with E-state index in [1.807, 2.05) is 0 Å². The van der Waals surface area contributed by atoms with Crippen LogP contribution in [0.5, 0.6) is 0 Å². The predicted octanol–water partition coefficient (Wildman–Crippen LogP) is 1.90. The molecule has 2 nitrogen and oxygen atoms in total. The number of hydrogen-bond acceptors (Lipinski definition) is 2. The van der Waals surface area contributed by atoms with Crippen molar-refractivity contribution in [3.63, 3.8) is 0 Å². The van der Waals surface area contributed by atoms with Crippen molar-refractivity contribution in [1.29, 1.82) is 0 Å². The first-order chi connectivity index (χ1) is 7.88. The summed E-state index contributed by atoms with van der Waals surface area (Å²) in [5.74, 6) is 0.612. The van der Waals surface area contributed by atoms with Gasteiger partial charge >= 0.3 is 0 Å². The van der Waals surface area contributed by atoms with Crippen LogP contribution in [0.15, 0.2) is 30.3 Å². The zero-order valence-electron chi connectivity index (χ0n) is 9.94. The molecule has 0 aliphatic carbocycles. The third-order valence-electron chi connectivity index (χ3n) is 3.42. The highest BCUT2D eigenvalue weighted by atomic mass is 15.1. The normalized spacial score (nSPS) is 18.8. The Bertz CT molecular complexity index is 291. The molecule has 1 heterocycles. The SMILES string of the molecule is NCC(Cc1ccccc1)CN1CCCC1. The minimum absolute atomic E-state index is 0.612. The smallest absolute Gasteiger partial charge is 0.00249 e. The second kappa shape index (κ2) is 6.02. The zero-order valence-corrected chi connectivity index (χ0v) is 9.94. The van der Waals surface area contributed by atoms with E-state index >= 15 is 0 Å². The Morgan fingerprint density at radius 3 is 2.44 bits per heavy atom. The van der Waals surface area contributed by atoms with Crippen LogP contribution in [0.25, 0.3) is 0 Å². The monoisotopic (exact) mass is 218 g/mol. The van der Waals surface area contributed by atoms with Crippen LogP contribution in [0.4, 0.5) is 0 Å². The van der Waals surface area contributed by atoms with Crippen molar-refractivity contribution in [3.05, 3.63) is 35.9 Å². The molecule has 1 aromatic rings. The van der Waals surface area contributed by atoms with Gasteiger partial charge in [0.2, 0.25) is 0 Å². The molecule has 0 radical (unpaired) electrons. The summed E-state index contributed by atoms with van der Waals surface area (Å²) in [5.41, 5.74) is 7.29. The fraction of sp³-hybridized carbons (Fsp3) is 0.571. The molecule has 2 N–H and O–H groups in total. The van der Waals surface area contributed by atoms with Gasteiger partial charge in [-0.15, -0.1) is 0 Å². The molecule has 1 aliphatic heterocycles. The molecule has 1 atom stereocenters. The van der Waals surface area contributed by atoms with E-state index in [2.05, 4.69) is 35.2 Å². The van der Waals surface area contributed by atoms with Crippen LogP contribution >= 0.6 is 0 Å². The second-order valence-corrected chi connectivity index (χ2v) is 4.80. The first kappa shape index (κ1) is 11.6. The average molecular weight is 218 g/mol. The predicted molar refractivity (Wildman–Crippen MR) is 68.4 cm³/mol. The van der Waals surface area contributed by atoms with E-state index in [-0.39, 0.29) is 0 Å². The number of hydrogen-bond donors (Lipinski definition) is 1. The molecule has 0 amide bonds. The van der Waals surface area contributed by atoms with Gasteiger partial charge in [-0.2, -0.15) is 0 Å². The molecule has 1 aliphatic rings. The Kier molecular flexibility index (Phi) is 4.37. The van der Waals surface area contributed by atoms with E-state index < -0.39 is 0 Å². The third kappa shape index (κ3) is 3.32. The molecule has 1 aromatic carbocycles. The van der Waals surface area contributed by atoms with Crippen LogP contribution in [-0.2, 0) is 6.42 Å². The Hall–Kier alpha value is -0.860. The van der Waals surface area contributed by atoms with Crippen molar-refractivity contribution in [2.45, 2.75) is 19.3 Å². The highest BCUT2D eigenvalue weighted by Gasteiger charge is 2.16. The molecule has 2 heteroatoms. The fourth-order valence-electron chi connectivity index (χ4n) is 2.50. The molecule has 16 heavy (non-hydrogen) atoms. The van der Waals surface area contributed by atoms with Gasteiger partial charge in [0.05, 0.1) is 0 Å². The summed E-state index contributed by atoms with van der Waals surface area (Å²) in [6.45, 7) is 4.51. The maximum Gasteiger partial charge on any atom is 0.00249 e. The van der Waals surface area contributed by atoms with Crippen LogP contribution in [0, 0.1) is 5.92 Å². The van der Waals surface area contributed by atoms with E-state index in [1.165, 1.54) is 38.0 Å². The molecule has 0 aromatic heterocycles. The molecule has 88 valence electrons. The lowest BCUT2D eigenvalue weighted by atomic mass is 9.99. The van der Waals surface area contributed by atoms with Crippen LogP contribution in [-0.4, -0.2) is 31.1 Å². The molecular weight excluding hydrogens is 196 g/mol. The zero-order chi connectivity index (χ0) is 11.2. The first-order valence-electron chi connectivity index (χ1n) is 6.35. The summed E-state index contributed by atoms with van der Waals surface area (Å²) in [4.78, 5) is 2.56. The van der Waals surface area contributed by atoms with Crippen LogP contribution in [0.3, 0.4) is 0 Å². The number of likely N-dealkylation sites (tertiary alicyclic amines) is 1. The Morgan fingerprint density at radius 1 is 1.12 bits per heavy atom. The Morgan fingerprint density at radius 2 is 1.81 bits per heavy atom. The molecule has 1 unspecified atom stereocenters. The maximum atomic E-state index is 5.87. The van der Waals surface area contributed by atoms with Crippen molar-refractivity contribution < 1.29 is 0 Å². The van der Waals surface area contributed by atoms with Gasteiger partial charge in [0, 0.05) is 6.54 Å². The molecule has 0 bridgehead atoms. The lowest BCUT2D eigenvalue weighted by molar-refractivity contribution is 0.279. The minimum Gasteiger partial charge on any atom is -0.330 e. The van der Waals surface area contributed by atoms with Gasteiger partial charge in [0.25, 0.3) is 0 Å². The summed E-state index contributed by atoms with van der Waals surface area (Å²) in [7, 11) is 0. The first-order valence-corrected chi connectivity index (χ1v) is 6.35. The Balaban J connectivity index is 1.85. The van der Waals surface area contributed by atoms with Crippen LogP contribution < -0.4 is 5.73 Å². The van der Waals surface area contributed by atoms with Crippen LogP contribution in [0.2, 0.25) is 0 Å². The van der Waals surface area contributed by atoms with Gasteiger partial charge in [-0.25, -0.2) is 0 Å². The summed E-state index contributed by atoms with van der Waals surface area (Å²) in [6.07, 6.45) is 3.85. The largest absolute Gasteiger partial charge is 0.330 e. The highest BCUT2D eigenvalue weighted by molar-refractivity contribution is 5.15. The third-order valence-corrected chi connectivity index (χ3v) is 3.42. The van der Waals surface area contributed by atoms with Gasteiger partial charge in [0.15, 0.2) is 0 Å². The number of rotatable bonds is 5. The standard InChI is InChI=1S/C14H22N2/c15-11-14(12-16-8-4-5-9-16)10-13-6-2-1-3-7-13/h1-3,6-7,14H,4-5,8-12,15H2. The molecule has 1 saturated heterocycles. The minimum atomic E-state index is 0.612. The highest BCUT2D eigenvalue weighted by Crippen LogP contribution is 2.13. The topological polar surface area (TPSA) is 29.3 Å². The molecule has 0 spiro atoms. The lowest BCUT2D eigenvalue weighted by Gasteiger charge is -2.22. The van der Waals surface area contributed by atoms with E-state index in [4.69, 9.17) is 5.73 Å². The second-order valence-electron chi connectivity index (χ2n) is 4.80. The van der Waals surface area contributed by atoms with E-state index in [0.717, 1.165) is 13.0 Å². The average Bonchev–Trinajstić information content (AvgIpc) is 2.82. The van der Waals surface area contributed by atoms with E-state index in [9.17, 15) is 0 Å². The van der Waals surface area contributed by atoms with Gasteiger partial charge in [0.1, 0.15) is 0 Å². The number of nitrogens with two attached hydrogens (primary N) is 1. The molecule has 2 rings (SSSR count). The van der Waals surface area contributed by atoms with Crippen molar-refractivity contribution in [1.82, 2.24) is 4.90 Å². The molecule has 1 fully saturated rings. The summed E-state index contributed by atoms with van der Waals surface area (Å²) < 4.78 is 0. The summed E-state index contributed by atoms with van der Waals surface area (Å²) >= 11 is 0. The fourth-order valence-corrected chi connectivity index (χ4v) is 2.50. The van der Waals surface area contributed by atoms with Gasteiger partial charge in [-0.1, -0.05) is 30.3 Å². The molecule has 0 saturated carbocycles. The van der Waals surface area contributed by atoms with Crippen molar-refractivity contribution in [2.75, 3.05) is 26.2 Å². The summed E-state index contributed by atoms with van der Waals surface area (Å²) in [5, 5.41) is 0. The number of benzene rings is 1. The lowest BCUT2D eigenvalue weighted by Crippen LogP contribution is -2.32. The van der Waals surface area contributed by atoms with E-state index in [1.54, 1.807) is 0 Å². The molecular formula is C14H22N2. The number of nitrogens with zero attached hydrogens (tertiary/aromatic N) is 1. The maximum absolute atomic E-state index is 5.87. The van der Waals surface area contributed by atoms with Crippen LogP contribution in [0.1, 0.15) is 18.4 Å². The van der Waals surface area contributed by atoms with Crippen molar-refractivity contribution in [2.24, 2.45) is 11.7 Å². The van der Waals surface area contributed by atoms with Gasteiger partial charge in [-0.3, -0.25) is 0 Å².